The molecule has 3 heteroatoms. The molecule has 1 saturated heterocycles. The minimum atomic E-state index is -0.171. The smallest absolute Gasteiger partial charge is 0.163 e. The minimum absolute atomic E-state index is 0.102. The fraction of sp³-hybridized carbons (Fsp3) is 0.833. The van der Waals surface area contributed by atoms with Gasteiger partial charge >= 0.3 is 0 Å². The summed E-state index contributed by atoms with van der Waals surface area (Å²) in [7, 11) is 3.23. The van der Waals surface area contributed by atoms with E-state index in [4.69, 9.17) is 14.2 Å². The lowest BCUT2D eigenvalue weighted by Gasteiger charge is -2.09. The van der Waals surface area contributed by atoms with Gasteiger partial charge in [-0.05, 0) is 0 Å². The maximum Gasteiger partial charge on any atom is 0.163 e. The summed E-state index contributed by atoms with van der Waals surface area (Å²) in [4.78, 5) is 0. The number of ether oxygens (including phenoxy) is 3. The van der Waals surface area contributed by atoms with Crippen molar-refractivity contribution in [2.75, 3.05) is 14.2 Å². The second kappa shape index (κ2) is 3.15. The first-order valence-corrected chi connectivity index (χ1v) is 2.91. The van der Waals surface area contributed by atoms with Crippen molar-refractivity contribution in [3.63, 3.8) is 0 Å². The van der Waals surface area contributed by atoms with E-state index in [1.807, 2.05) is 6.42 Å². The highest BCUT2D eigenvalue weighted by Crippen LogP contribution is 2.18. The highest BCUT2D eigenvalue weighted by atomic mass is 16.8. The quantitative estimate of drug-likeness (QED) is 0.548. The zero-order valence-electron chi connectivity index (χ0n) is 5.66. The molecule has 1 aliphatic rings. The average Bonchev–Trinajstić information content (AvgIpc) is 2.34. The van der Waals surface area contributed by atoms with E-state index >= 15 is 0 Å². The summed E-state index contributed by atoms with van der Waals surface area (Å²) >= 11 is 0. The molecule has 0 N–H and O–H groups in total. The highest BCUT2D eigenvalue weighted by Gasteiger charge is 2.24. The Hall–Kier alpha value is -0.120. The van der Waals surface area contributed by atoms with Crippen molar-refractivity contribution in [1.82, 2.24) is 0 Å². The summed E-state index contributed by atoms with van der Waals surface area (Å²) in [5, 5.41) is 0. The maximum atomic E-state index is 5.16. The molecule has 0 amide bonds. The molecule has 3 nitrogen and oxygen atoms in total. The first kappa shape index (κ1) is 6.99. The molecule has 9 heavy (non-hydrogen) atoms. The normalized spacial score (nSPS) is 35.3. The van der Waals surface area contributed by atoms with E-state index < -0.39 is 0 Å². The van der Waals surface area contributed by atoms with Crippen LogP contribution in [-0.2, 0) is 14.2 Å². The molecular formula is C6H11O3. The zero-order valence-corrected chi connectivity index (χ0v) is 5.66. The Morgan fingerprint density at radius 3 is 2.56 bits per heavy atom. The largest absolute Gasteiger partial charge is 0.356 e. The summed E-state index contributed by atoms with van der Waals surface area (Å²) in [5.41, 5.74) is 0. The van der Waals surface area contributed by atoms with Crippen LogP contribution < -0.4 is 0 Å². The first-order chi connectivity index (χ1) is 4.36. The van der Waals surface area contributed by atoms with Crippen LogP contribution in [-0.4, -0.2) is 26.8 Å². The molecule has 0 aromatic rings. The third kappa shape index (κ3) is 1.64. The zero-order chi connectivity index (χ0) is 6.69. The Balaban J connectivity index is 2.20. The summed E-state index contributed by atoms with van der Waals surface area (Å²) in [6, 6.07) is 0. The number of methoxy groups -OCH3 is 2. The summed E-state index contributed by atoms with van der Waals surface area (Å²) in [5.74, 6) is 0. The monoisotopic (exact) mass is 131 g/mol. The third-order valence-corrected chi connectivity index (χ3v) is 1.30. The van der Waals surface area contributed by atoms with Crippen molar-refractivity contribution in [3.8, 4) is 0 Å². The molecule has 0 spiro atoms. The van der Waals surface area contributed by atoms with Crippen LogP contribution in [0.5, 0.6) is 0 Å². The van der Waals surface area contributed by atoms with E-state index in [0.29, 0.717) is 0 Å². The lowest BCUT2D eigenvalue weighted by molar-refractivity contribution is -0.180. The molecule has 0 aromatic carbocycles. The molecule has 1 heterocycles. The van der Waals surface area contributed by atoms with Crippen LogP contribution in [0.15, 0.2) is 0 Å². The van der Waals surface area contributed by atoms with Gasteiger partial charge in [0.2, 0.25) is 0 Å². The van der Waals surface area contributed by atoms with Gasteiger partial charge in [-0.2, -0.15) is 0 Å². The van der Waals surface area contributed by atoms with Gasteiger partial charge in [0.05, 0.1) is 0 Å². The Morgan fingerprint density at radius 2 is 2.22 bits per heavy atom. The molecule has 1 radical (unpaired) electrons. The van der Waals surface area contributed by atoms with Crippen molar-refractivity contribution < 1.29 is 14.2 Å². The second-order valence-electron chi connectivity index (χ2n) is 1.88. The Bertz CT molecular complexity index is 74.4. The SMILES string of the molecule is COC1[CH]CC(OC)O1. The van der Waals surface area contributed by atoms with Gasteiger partial charge in [0, 0.05) is 27.1 Å². The lowest BCUT2D eigenvalue weighted by Crippen LogP contribution is -2.13. The van der Waals surface area contributed by atoms with Gasteiger partial charge in [0.1, 0.15) is 0 Å². The van der Waals surface area contributed by atoms with Crippen molar-refractivity contribution >= 4 is 0 Å². The van der Waals surface area contributed by atoms with Crippen molar-refractivity contribution in [3.05, 3.63) is 6.42 Å². The molecule has 0 aliphatic carbocycles. The van der Waals surface area contributed by atoms with Crippen LogP contribution in [0.4, 0.5) is 0 Å². The fourth-order valence-electron chi connectivity index (χ4n) is 0.786. The predicted octanol–water partition coefficient (Wildman–Crippen LogP) is 0.556. The van der Waals surface area contributed by atoms with E-state index in [0.717, 1.165) is 6.42 Å². The fourth-order valence-corrected chi connectivity index (χ4v) is 0.786. The van der Waals surface area contributed by atoms with Gasteiger partial charge in [-0.3, -0.25) is 0 Å². The van der Waals surface area contributed by atoms with E-state index in [9.17, 15) is 0 Å². The van der Waals surface area contributed by atoms with Gasteiger partial charge in [-0.25, -0.2) is 0 Å². The van der Waals surface area contributed by atoms with E-state index in [2.05, 4.69) is 0 Å². The van der Waals surface area contributed by atoms with E-state index in [-0.39, 0.29) is 12.6 Å². The van der Waals surface area contributed by atoms with Gasteiger partial charge in [-0.15, -0.1) is 0 Å². The van der Waals surface area contributed by atoms with Gasteiger partial charge in [-0.1, -0.05) is 0 Å². The number of hydrogen-bond donors (Lipinski definition) is 0. The lowest BCUT2D eigenvalue weighted by atomic mass is 10.3. The molecule has 0 saturated carbocycles. The molecule has 0 aromatic heterocycles. The van der Waals surface area contributed by atoms with Gasteiger partial charge < -0.3 is 14.2 Å². The second-order valence-corrected chi connectivity index (χ2v) is 1.88. The molecule has 2 atom stereocenters. The molecule has 1 fully saturated rings. The standard InChI is InChI=1S/C6H11O3/c1-7-5-3-4-6(8-2)9-5/h3,5-6H,4H2,1-2H3. The first-order valence-electron chi connectivity index (χ1n) is 2.91. The molecule has 53 valence electrons. The number of rotatable bonds is 2. The molecule has 1 rings (SSSR count). The molecule has 0 bridgehead atoms. The molecule has 1 aliphatic heterocycles. The Kier molecular flexibility index (Phi) is 2.45. The predicted molar refractivity (Wildman–Crippen MR) is 31.6 cm³/mol. The summed E-state index contributed by atoms with van der Waals surface area (Å²) < 4.78 is 15.0. The molecular weight excluding hydrogens is 120 g/mol. The Labute approximate surface area is 54.9 Å². The van der Waals surface area contributed by atoms with Crippen LogP contribution >= 0.6 is 0 Å². The van der Waals surface area contributed by atoms with Gasteiger partial charge in [0.25, 0.3) is 0 Å². The average molecular weight is 131 g/mol. The van der Waals surface area contributed by atoms with Crippen molar-refractivity contribution in [2.45, 2.75) is 19.0 Å². The van der Waals surface area contributed by atoms with E-state index in [1.54, 1.807) is 14.2 Å². The summed E-state index contributed by atoms with van der Waals surface area (Å²) in [6.45, 7) is 0. The van der Waals surface area contributed by atoms with E-state index in [1.165, 1.54) is 0 Å². The van der Waals surface area contributed by atoms with Gasteiger partial charge in [0.15, 0.2) is 12.6 Å². The Morgan fingerprint density at radius 1 is 1.44 bits per heavy atom. The number of hydrogen-bond acceptors (Lipinski definition) is 3. The minimum Gasteiger partial charge on any atom is -0.356 e. The van der Waals surface area contributed by atoms with Crippen LogP contribution in [0.2, 0.25) is 0 Å². The topological polar surface area (TPSA) is 27.7 Å². The van der Waals surface area contributed by atoms with Crippen molar-refractivity contribution in [2.24, 2.45) is 0 Å². The van der Waals surface area contributed by atoms with Crippen LogP contribution in [0, 0.1) is 6.42 Å². The molecule has 2 unspecified atom stereocenters. The maximum absolute atomic E-state index is 5.16. The van der Waals surface area contributed by atoms with Crippen LogP contribution in [0.3, 0.4) is 0 Å². The van der Waals surface area contributed by atoms with Crippen molar-refractivity contribution in [1.29, 1.82) is 0 Å². The highest BCUT2D eigenvalue weighted by molar-refractivity contribution is 4.78. The van der Waals surface area contributed by atoms with Crippen LogP contribution in [0.1, 0.15) is 6.42 Å². The van der Waals surface area contributed by atoms with Crippen LogP contribution in [0.25, 0.3) is 0 Å². The summed E-state index contributed by atoms with van der Waals surface area (Å²) in [6.07, 6.45) is 2.48. The third-order valence-electron chi connectivity index (χ3n) is 1.30.